The smallest absolute Gasteiger partial charge is 0.128 e. The summed E-state index contributed by atoms with van der Waals surface area (Å²) in [5.74, 6) is 1.04. The molecule has 2 rings (SSSR count). The van der Waals surface area contributed by atoms with E-state index in [0.29, 0.717) is 33.0 Å². The molecule has 0 atom stereocenters. The molecule has 0 fully saturated rings. The van der Waals surface area contributed by atoms with E-state index < -0.39 is 0 Å². The maximum Gasteiger partial charge on any atom is 0.128 e. The van der Waals surface area contributed by atoms with Gasteiger partial charge in [-0.3, -0.25) is 0 Å². The molecular weight excluding hydrogens is 280 g/mol. The Balaban J connectivity index is 1.82. The van der Waals surface area contributed by atoms with Gasteiger partial charge >= 0.3 is 0 Å². The summed E-state index contributed by atoms with van der Waals surface area (Å²) in [5.41, 5.74) is 3.92. The van der Waals surface area contributed by atoms with Crippen LogP contribution in [0.2, 0.25) is 0 Å². The Morgan fingerprint density at radius 3 is 2.73 bits per heavy atom. The van der Waals surface area contributed by atoms with E-state index in [-0.39, 0.29) is 0 Å². The van der Waals surface area contributed by atoms with Crippen LogP contribution in [0.4, 0.5) is 0 Å². The number of ether oxygens (including phenoxy) is 4. The highest BCUT2D eigenvalue weighted by Gasteiger charge is 2.17. The third-order valence-electron chi connectivity index (χ3n) is 3.80. The quantitative estimate of drug-likeness (QED) is 0.589. The van der Waals surface area contributed by atoms with Gasteiger partial charge in [-0.25, -0.2) is 0 Å². The van der Waals surface area contributed by atoms with Crippen LogP contribution in [0.3, 0.4) is 0 Å². The van der Waals surface area contributed by atoms with Crippen molar-refractivity contribution in [3.05, 3.63) is 28.8 Å². The number of hydrogen-bond acceptors (Lipinski definition) is 4. The van der Waals surface area contributed by atoms with Crippen LogP contribution in [-0.4, -0.2) is 40.1 Å². The molecule has 1 aromatic carbocycles. The van der Waals surface area contributed by atoms with Gasteiger partial charge in [-0.2, -0.15) is 0 Å². The standard InChI is InChI=1S/C18H28O4/c1-3-4-5-15-12-16-6-7-22-18(16)17(13-15)14-21-11-10-20-9-8-19-2/h12-13H,3-11,14H2,1-2H3. The fourth-order valence-electron chi connectivity index (χ4n) is 2.64. The van der Waals surface area contributed by atoms with Crippen molar-refractivity contribution >= 4 is 0 Å². The second-order valence-corrected chi connectivity index (χ2v) is 5.60. The largest absolute Gasteiger partial charge is 0.493 e. The molecule has 22 heavy (non-hydrogen) atoms. The Morgan fingerprint density at radius 1 is 1.09 bits per heavy atom. The Hall–Kier alpha value is -1.10. The van der Waals surface area contributed by atoms with Crippen molar-refractivity contribution < 1.29 is 18.9 Å². The van der Waals surface area contributed by atoms with E-state index in [2.05, 4.69) is 19.1 Å². The fourth-order valence-corrected chi connectivity index (χ4v) is 2.64. The lowest BCUT2D eigenvalue weighted by Gasteiger charge is -2.12. The van der Waals surface area contributed by atoms with Gasteiger partial charge in [-0.1, -0.05) is 19.4 Å². The first-order valence-electron chi connectivity index (χ1n) is 8.27. The monoisotopic (exact) mass is 308 g/mol. The molecule has 0 N–H and O–H groups in total. The molecular formula is C18H28O4. The van der Waals surface area contributed by atoms with E-state index in [0.717, 1.165) is 25.2 Å². The SMILES string of the molecule is CCCCc1cc2c(c(COCCOCCOC)c1)OCC2. The Labute approximate surface area is 133 Å². The van der Waals surface area contributed by atoms with Gasteiger partial charge in [0.15, 0.2) is 0 Å². The van der Waals surface area contributed by atoms with Crippen LogP contribution < -0.4 is 4.74 Å². The number of fused-ring (bicyclic) bond motifs is 1. The molecule has 1 aliphatic heterocycles. The molecule has 1 aromatic rings. The molecule has 4 heteroatoms. The first kappa shape index (κ1) is 17.3. The number of aryl methyl sites for hydroxylation is 1. The van der Waals surface area contributed by atoms with Crippen LogP contribution in [0.25, 0.3) is 0 Å². The molecule has 0 unspecified atom stereocenters. The number of benzene rings is 1. The van der Waals surface area contributed by atoms with Crippen molar-refractivity contribution in [2.24, 2.45) is 0 Å². The minimum absolute atomic E-state index is 0.593. The van der Waals surface area contributed by atoms with E-state index in [1.54, 1.807) is 7.11 Å². The molecule has 1 aliphatic rings. The molecule has 0 saturated heterocycles. The Kier molecular flexibility index (Phi) is 7.71. The van der Waals surface area contributed by atoms with Crippen LogP contribution in [0.1, 0.15) is 36.5 Å². The van der Waals surface area contributed by atoms with E-state index in [4.69, 9.17) is 18.9 Å². The molecule has 4 nitrogen and oxygen atoms in total. The predicted octanol–water partition coefficient (Wildman–Crippen LogP) is 3.14. The van der Waals surface area contributed by atoms with E-state index in [1.165, 1.54) is 29.5 Å². The summed E-state index contributed by atoms with van der Waals surface area (Å²) in [7, 11) is 1.67. The lowest BCUT2D eigenvalue weighted by atomic mass is 10.00. The van der Waals surface area contributed by atoms with E-state index >= 15 is 0 Å². The number of rotatable bonds is 11. The van der Waals surface area contributed by atoms with Crippen LogP contribution in [-0.2, 0) is 33.7 Å². The van der Waals surface area contributed by atoms with Crippen molar-refractivity contribution in [1.82, 2.24) is 0 Å². The maximum absolute atomic E-state index is 5.77. The van der Waals surface area contributed by atoms with Crippen molar-refractivity contribution in [2.75, 3.05) is 40.1 Å². The fraction of sp³-hybridized carbons (Fsp3) is 0.667. The number of unbranched alkanes of at least 4 members (excludes halogenated alkanes) is 1. The maximum atomic E-state index is 5.77. The van der Waals surface area contributed by atoms with Gasteiger partial charge in [0.1, 0.15) is 5.75 Å². The normalized spacial score (nSPS) is 13.2. The van der Waals surface area contributed by atoms with Gasteiger partial charge in [0, 0.05) is 19.1 Å². The predicted molar refractivity (Wildman–Crippen MR) is 86.6 cm³/mol. The second kappa shape index (κ2) is 9.82. The topological polar surface area (TPSA) is 36.9 Å². The molecule has 0 saturated carbocycles. The number of methoxy groups -OCH3 is 1. The average molecular weight is 308 g/mol. The summed E-state index contributed by atoms with van der Waals surface area (Å²) in [5, 5.41) is 0. The van der Waals surface area contributed by atoms with Gasteiger partial charge < -0.3 is 18.9 Å². The molecule has 0 aromatic heterocycles. The molecule has 1 heterocycles. The summed E-state index contributed by atoms with van der Waals surface area (Å²) >= 11 is 0. The third kappa shape index (κ3) is 5.27. The third-order valence-corrected chi connectivity index (χ3v) is 3.80. The minimum atomic E-state index is 0.593. The van der Waals surface area contributed by atoms with E-state index in [1.807, 2.05) is 0 Å². The lowest BCUT2D eigenvalue weighted by Crippen LogP contribution is -2.08. The van der Waals surface area contributed by atoms with Crippen LogP contribution >= 0.6 is 0 Å². The highest BCUT2D eigenvalue weighted by molar-refractivity contribution is 5.46. The number of hydrogen-bond donors (Lipinski definition) is 0. The van der Waals surface area contributed by atoms with Gasteiger partial charge in [-0.15, -0.1) is 0 Å². The minimum Gasteiger partial charge on any atom is -0.493 e. The van der Waals surface area contributed by atoms with Crippen molar-refractivity contribution in [3.63, 3.8) is 0 Å². The van der Waals surface area contributed by atoms with Gasteiger partial charge in [-0.05, 0) is 30.0 Å². The van der Waals surface area contributed by atoms with Crippen LogP contribution in [0, 0.1) is 0 Å². The Bertz CT molecular complexity index is 445. The zero-order chi connectivity index (χ0) is 15.6. The molecule has 0 aliphatic carbocycles. The van der Waals surface area contributed by atoms with Gasteiger partial charge in [0.25, 0.3) is 0 Å². The molecule has 0 radical (unpaired) electrons. The van der Waals surface area contributed by atoms with Crippen molar-refractivity contribution in [2.45, 2.75) is 39.2 Å². The zero-order valence-corrected chi connectivity index (χ0v) is 13.9. The summed E-state index contributed by atoms with van der Waals surface area (Å²) < 4.78 is 21.8. The molecule has 0 spiro atoms. The summed E-state index contributed by atoms with van der Waals surface area (Å²) in [6.07, 6.45) is 4.60. The molecule has 0 amide bonds. The van der Waals surface area contributed by atoms with Crippen molar-refractivity contribution in [1.29, 1.82) is 0 Å². The van der Waals surface area contributed by atoms with E-state index in [9.17, 15) is 0 Å². The van der Waals surface area contributed by atoms with Crippen LogP contribution in [0.15, 0.2) is 12.1 Å². The summed E-state index contributed by atoms with van der Waals surface area (Å²) in [6, 6.07) is 4.54. The first-order valence-corrected chi connectivity index (χ1v) is 8.27. The highest BCUT2D eigenvalue weighted by Crippen LogP contribution is 2.32. The Morgan fingerprint density at radius 2 is 1.91 bits per heavy atom. The molecule has 124 valence electrons. The average Bonchev–Trinajstić information content (AvgIpc) is 3.00. The highest BCUT2D eigenvalue weighted by atomic mass is 16.5. The second-order valence-electron chi connectivity index (χ2n) is 5.60. The molecule has 0 bridgehead atoms. The zero-order valence-electron chi connectivity index (χ0n) is 13.9. The van der Waals surface area contributed by atoms with Crippen molar-refractivity contribution in [3.8, 4) is 5.75 Å². The summed E-state index contributed by atoms with van der Waals surface area (Å²) in [6.45, 7) is 6.05. The summed E-state index contributed by atoms with van der Waals surface area (Å²) in [4.78, 5) is 0. The lowest BCUT2D eigenvalue weighted by molar-refractivity contribution is 0.0195. The van der Waals surface area contributed by atoms with Gasteiger partial charge in [0.2, 0.25) is 0 Å². The van der Waals surface area contributed by atoms with Gasteiger partial charge in [0.05, 0.1) is 39.6 Å². The van der Waals surface area contributed by atoms with Crippen LogP contribution in [0.5, 0.6) is 5.75 Å². The first-order chi connectivity index (χ1) is 10.8.